The van der Waals surface area contributed by atoms with E-state index in [4.69, 9.17) is 14.1 Å². The fourth-order valence-electron chi connectivity index (χ4n) is 3.37. The topological polar surface area (TPSA) is 47.6 Å². The molecule has 0 unspecified atom stereocenters. The Balaban J connectivity index is 1.90. The normalized spacial score (nSPS) is 11.8. The molecule has 4 heteroatoms. The average Bonchev–Trinajstić information content (AvgIpc) is 2.72. The van der Waals surface area contributed by atoms with E-state index in [2.05, 4.69) is 31.0 Å². The molecule has 4 rings (SSSR count). The maximum absolute atomic E-state index is 6.26. The monoisotopic (exact) mass is 370 g/mol. The van der Waals surface area contributed by atoms with Gasteiger partial charge in [-0.3, -0.25) is 9.98 Å². The molecule has 2 aromatic heterocycles. The summed E-state index contributed by atoms with van der Waals surface area (Å²) in [5.74, 6) is 1.60. The van der Waals surface area contributed by atoms with Crippen molar-refractivity contribution in [2.24, 2.45) is 4.99 Å². The molecule has 0 radical (unpaired) electrons. The van der Waals surface area contributed by atoms with E-state index >= 15 is 0 Å². The second kappa shape index (κ2) is 7.69. The first-order valence-electron chi connectivity index (χ1n) is 9.23. The molecule has 4 nitrogen and oxygen atoms in total. The average molecular weight is 370 g/mol. The molecule has 4 aromatic rings. The lowest BCUT2D eigenvalue weighted by atomic mass is 10.0. The Morgan fingerprint density at radius 3 is 2.57 bits per heavy atom. The minimum atomic E-state index is 0.572. The fraction of sp³-hybridized carbons (Fsp3) is 0.167. The summed E-state index contributed by atoms with van der Waals surface area (Å²) in [6, 6.07) is 18.1. The van der Waals surface area contributed by atoms with Crippen molar-refractivity contribution in [3.8, 4) is 17.1 Å². The molecule has 0 aliphatic rings. The van der Waals surface area contributed by atoms with Gasteiger partial charge in [0.15, 0.2) is 0 Å². The minimum absolute atomic E-state index is 0.572. The van der Waals surface area contributed by atoms with Crippen molar-refractivity contribution in [1.29, 1.82) is 0 Å². The number of hydrogen-bond acceptors (Lipinski definition) is 4. The summed E-state index contributed by atoms with van der Waals surface area (Å²) >= 11 is 0. The van der Waals surface area contributed by atoms with Crippen LogP contribution in [0.3, 0.4) is 0 Å². The lowest BCUT2D eigenvalue weighted by molar-refractivity contribution is 0.415. The highest BCUT2D eigenvalue weighted by molar-refractivity contribution is 5.82. The summed E-state index contributed by atoms with van der Waals surface area (Å²) in [6.07, 6.45) is 3.62. The Bertz CT molecular complexity index is 1180. The molecule has 0 spiro atoms. The summed E-state index contributed by atoms with van der Waals surface area (Å²) < 4.78 is 11.5. The van der Waals surface area contributed by atoms with Crippen molar-refractivity contribution in [2.75, 3.05) is 7.11 Å². The van der Waals surface area contributed by atoms with Crippen molar-refractivity contribution in [1.82, 2.24) is 4.98 Å². The Kier molecular flexibility index (Phi) is 4.94. The van der Waals surface area contributed by atoms with Crippen LogP contribution in [0, 0.1) is 13.8 Å². The van der Waals surface area contributed by atoms with Crippen LogP contribution < -0.4 is 10.1 Å². The van der Waals surface area contributed by atoms with E-state index in [0.717, 1.165) is 44.5 Å². The van der Waals surface area contributed by atoms with Crippen molar-refractivity contribution >= 4 is 11.0 Å². The van der Waals surface area contributed by atoms with Crippen LogP contribution >= 0.6 is 0 Å². The predicted octanol–water partition coefficient (Wildman–Crippen LogP) is 5.22. The summed E-state index contributed by atoms with van der Waals surface area (Å²) in [5, 5.41) is 1.97. The van der Waals surface area contributed by atoms with E-state index in [9.17, 15) is 0 Å². The SMILES string of the molecule is COc1ccc(-c2cc(=NCc3cccnc3)c3c(C)cc(C)cc3o2)cc1. The second-order valence-corrected chi connectivity index (χ2v) is 6.86. The summed E-state index contributed by atoms with van der Waals surface area (Å²) in [6.45, 7) is 4.75. The van der Waals surface area contributed by atoms with Gasteiger partial charge >= 0.3 is 0 Å². The smallest absolute Gasteiger partial charge is 0.137 e. The van der Waals surface area contributed by atoms with Crippen molar-refractivity contribution in [3.05, 3.63) is 89.0 Å². The van der Waals surface area contributed by atoms with Crippen molar-refractivity contribution in [2.45, 2.75) is 20.4 Å². The Morgan fingerprint density at radius 2 is 1.86 bits per heavy atom. The van der Waals surface area contributed by atoms with Gasteiger partial charge in [-0.1, -0.05) is 12.1 Å². The van der Waals surface area contributed by atoms with Crippen molar-refractivity contribution < 1.29 is 9.15 Å². The zero-order valence-corrected chi connectivity index (χ0v) is 16.3. The number of benzene rings is 2. The van der Waals surface area contributed by atoms with E-state index in [1.54, 1.807) is 13.3 Å². The van der Waals surface area contributed by atoms with Crippen LogP contribution in [0.25, 0.3) is 22.3 Å². The quantitative estimate of drug-likeness (QED) is 0.495. The number of ether oxygens (including phenoxy) is 1. The first kappa shape index (κ1) is 18.0. The number of fused-ring (bicyclic) bond motifs is 1. The molecule has 0 saturated heterocycles. The molecular weight excluding hydrogens is 348 g/mol. The molecule has 0 atom stereocenters. The van der Waals surface area contributed by atoms with Crippen LogP contribution in [0.5, 0.6) is 5.75 Å². The lowest BCUT2D eigenvalue weighted by Crippen LogP contribution is -2.07. The number of rotatable bonds is 4. The molecular formula is C24H22N2O2. The summed E-state index contributed by atoms with van der Waals surface area (Å²) in [7, 11) is 1.66. The van der Waals surface area contributed by atoms with Gasteiger partial charge in [0.2, 0.25) is 0 Å². The third-order valence-corrected chi connectivity index (χ3v) is 4.72. The highest BCUT2D eigenvalue weighted by Gasteiger charge is 2.09. The summed E-state index contributed by atoms with van der Waals surface area (Å²) in [5.41, 5.74) is 5.23. The molecule has 2 heterocycles. The Morgan fingerprint density at radius 1 is 1.04 bits per heavy atom. The third kappa shape index (κ3) is 3.67. The standard InChI is InChI=1S/C24H22N2O2/c1-16-11-17(2)24-21(26-15-18-5-4-10-25-14-18)13-22(28-23(24)12-16)19-6-8-20(27-3)9-7-19/h4-14H,15H2,1-3H3. The maximum atomic E-state index is 6.26. The van der Waals surface area contributed by atoms with Crippen LogP contribution in [0.2, 0.25) is 0 Å². The van der Waals surface area contributed by atoms with Crippen LogP contribution in [-0.2, 0) is 6.54 Å². The first-order chi connectivity index (χ1) is 13.6. The van der Waals surface area contributed by atoms with Gasteiger partial charge in [-0.2, -0.15) is 0 Å². The van der Waals surface area contributed by atoms with E-state index in [1.807, 2.05) is 48.7 Å². The van der Waals surface area contributed by atoms with Gasteiger partial charge in [-0.25, -0.2) is 0 Å². The fourth-order valence-corrected chi connectivity index (χ4v) is 3.37. The van der Waals surface area contributed by atoms with Crippen molar-refractivity contribution in [3.63, 3.8) is 0 Å². The predicted molar refractivity (Wildman–Crippen MR) is 111 cm³/mol. The van der Waals surface area contributed by atoms with Crippen LogP contribution in [0.15, 0.2) is 76.4 Å². The molecule has 2 aromatic carbocycles. The molecule has 0 bridgehead atoms. The molecule has 0 N–H and O–H groups in total. The van der Waals surface area contributed by atoms with E-state index in [-0.39, 0.29) is 0 Å². The number of hydrogen-bond donors (Lipinski definition) is 0. The number of aromatic nitrogens is 1. The Hall–Kier alpha value is -3.40. The lowest BCUT2D eigenvalue weighted by Gasteiger charge is -2.09. The largest absolute Gasteiger partial charge is 0.497 e. The van der Waals surface area contributed by atoms with Gasteiger partial charge in [-0.05, 0) is 66.9 Å². The van der Waals surface area contributed by atoms with Gasteiger partial charge in [0.05, 0.1) is 19.0 Å². The van der Waals surface area contributed by atoms with Gasteiger partial charge in [-0.15, -0.1) is 0 Å². The van der Waals surface area contributed by atoms with Gasteiger partial charge in [0.1, 0.15) is 17.1 Å². The number of nitrogens with zero attached hydrogens (tertiary/aromatic N) is 2. The molecule has 0 aliphatic heterocycles. The van der Waals surface area contributed by atoms with E-state index in [0.29, 0.717) is 6.54 Å². The zero-order chi connectivity index (χ0) is 19.5. The molecule has 140 valence electrons. The highest BCUT2D eigenvalue weighted by atomic mass is 16.5. The van der Waals surface area contributed by atoms with E-state index in [1.165, 1.54) is 5.56 Å². The second-order valence-electron chi connectivity index (χ2n) is 6.86. The molecule has 0 fully saturated rings. The van der Waals surface area contributed by atoms with E-state index < -0.39 is 0 Å². The van der Waals surface area contributed by atoms with Crippen LogP contribution in [-0.4, -0.2) is 12.1 Å². The van der Waals surface area contributed by atoms with Crippen LogP contribution in [0.1, 0.15) is 16.7 Å². The minimum Gasteiger partial charge on any atom is -0.497 e. The number of pyridine rings is 1. The third-order valence-electron chi connectivity index (χ3n) is 4.72. The highest BCUT2D eigenvalue weighted by Crippen LogP contribution is 2.26. The molecule has 0 amide bonds. The number of methoxy groups -OCH3 is 1. The number of aryl methyl sites for hydroxylation is 2. The maximum Gasteiger partial charge on any atom is 0.137 e. The van der Waals surface area contributed by atoms with Gasteiger partial charge in [0.25, 0.3) is 0 Å². The van der Waals surface area contributed by atoms with Gasteiger partial charge in [0, 0.05) is 29.4 Å². The van der Waals surface area contributed by atoms with Crippen LogP contribution in [0.4, 0.5) is 0 Å². The first-order valence-corrected chi connectivity index (χ1v) is 9.23. The summed E-state index contributed by atoms with van der Waals surface area (Å²) in [4.78, 5) is 9.07. The Labute approximate surface area is 164 Å². The molecule has 0 saturated carbocycles. The van der Waals surface area contributed by atoms with Gasteiger partial charge < -0.3 is 9.15 Å². The molecule has 0 aliphatic carbocycles. The zero-order valence-electron chi connectivity index (χ0n) is 16.3. The molecule has 28 heavy (non-hydrogen) atoms.